The Morgan fingerprint density at radius 1 is 1.25 bits per heavy atom. The normalized spacial score (nSPS) is 27.6. The van der Waals surface area contributed by atoms with Crippen molar-refractivity contribution < 1.29 is 14.6 Å². The minimum atomic E-state index is -0.699. The molecule has 1 saturated heterocycles. The van der Waals surface area contributed by atoms with Crippen LogP contribution in [0.2, 0.25) is 0 Å². The summed E-state index contributed by atoms with van der Waals surface area (Å²) in [6.45, 7) is 2.08. The van der Waals surface area contributed by atoms with E-state index in [2.05, 4.69) is 17.0 Å². The molecule has 0 bridgehead atoms. The molecule has 4 nitrogen and oxygen atoms in total. The van der Waals surface area contributed by atoms with Crippen LogP contribution in [0.4, 0.5) is 0 Å². The van der Waals surface area contributed by atoms with E-state index in [-0.39, 0.29) is 12.1 Å². The summed E-state index contributed by atoms with van der Waals surface area (Å²) in [5.74, 6) is -0.699. The van der Waals surface area contributed by atoms with Gasteiger partial charge >= 0.3 is 5.97 Å². The summed E-state index contributed by atoms with van der Waals surface area (Å²) in [4.78, 5) is 13.7. The number of hydrogen-bond donors (Lipinski definition) is 1. The highest BCUT2D eigenvalue weighted by Gasteiger charge is 2.35. The number of carbonyl (C=O) groups is 1. The zero-order valence-corrected chi connectivity index (χ0v) is 11.6. The van der Waals surface area contributed by atoms with Gasteiger partial charge in [-0.3, -0.25) is 9.69 Å². The monoisotopic (exact) mass is 275 g/mol. The Morgan fingerprint density at radius 3 is 2.95 bits per heavy atom. The van der Waals surface area contributed by atoms with Gasteiger partial charge < -0.3 is 9.84 Å². The van der Waals surface area contributed by atoms with Gasteiger partial charge in [-0.15, -0.1) is 0 Å². The number of ether oxygens (including phenoxy) is 1. The molecule has 0 aromatic heterocycles. The SMILES string of the molecule is O=C(O)C1CCCCCN1C1COCc2ccccc21. The van der Waals surface area contributed by atoms with Crippen molar-refractivity contribution in [2.45, 2.75) is 44.4 Å². The standard InChI is InChI=1S/C16H21NO3/c18-16(19)14-8-2-1-5-9-17(14)15-11-20-10-12-6-3-4-7-13(12)15/h3-4,6-7,14-15H,1-2,5,8-11H2,(H,18,19). The van der Waals surface area contributed by atoms with E-state index in [1.54, 1.807) is 0 Å². The molecule has 2 aliphatic rings. The Labute approximate surface area is 119 Å². The molecule has 4 heteroatoms. The second kappa shape index (κ2) is 5.94. The van der Waals surface area contributed by atoms with Gasteiger partial charge in [0.1, 0.15) is 6.04 Å². The zero-order valence-electron chi connectivity index (χ0n) is 11.6. The predicted octanol–water partition coefficient (Wildman–Crippen LogP) is 2.59. The van der Waals surface area contributed by atoms with Crippen molar-refractivity contribution in [2.24, 2.45) is 0 Å². The lowest BCUT2D eigenvalue weighted by Crippen LogP contribution is -2.45. The highest BCUT2D eigenvalue weighted by Crippen LogP contribution is 2.33. The number of carboxylic acids is 1. The van der Waals surface area contributed by atoms with Crippen LogP contribution in [-0.2, 0) is 16.1 Å². The molecule has 1 fully saturated rings. The van der Waals surface area contributed by atoms with Crippen LogP contribution in [0.3, 0.4) is 0 Å². The number of nitrogens with zero attached hydrogens (tertiary/aromatic N) is 1. The third kappa shape index (κ3) is 2.58. The number of hydrogen-bond acceptors (Lipinski definition) is 3. The second-order valence-corrected chi connectivity index (χ2v) is 5.67. The maximum absolute atomic E-state index is 11.6. The van der Waals surface area contributed by atoms with Crippen LogP contribution in [0, 0.1) is 0 Å². The Morgan fingerprint density at radius 2 is 2.10 bits per heavy atom. The van der Waals surface area contributed by atoms with E-state index < -0.39 is 5.97 Å². The van der Waals surface area contributed by atoms with Crippen molar-refractivity contribution in [1.82, 2.24) is 4.90 Å². The molecule has 2 aliphatic heterocycles. The van der Waals surface area contributed by atoms with Crippen molar-refractivity contribution in [1.29, 1.82) is 0 Å². The quantitative estimate of drug-likeness (QED) is 0.901. The van der Waals surface area contributed by atoms with E-state index in [1.807, 2.05) is 12.1 Å². The van der Waals surface area contributed by atoms with Gasteiger partial charge in [-0.25, -0.2) is 0 Å². The summed E-state index contributed by atoms with van der Waals surface area (Å²) >= 11 is 0. The second-order valence-electron chi connectivity index (χ2n) is 5.67. The smallest absolute Gasteiger partial charge is 0.320 e. The Hall–Kier alpha value is -1.39. The van der Waals surface area contributed by atoms with E-state index >= 15 is 0 Å². The van der Waals surface area contributed by atoms with Gasteiger partial charge in [0.05, 0.1) is 19.3 Å². The largest absolute Gasteiger partial charge is 0.480 e. The van der Waals surface area contributed by atoms with E-state index in [0.717, 1.165) is 32.2 Å². The number of rotatable bonds is 2. The topological polar surface area (TPSA) is 49.8 Å². The van der Waals surface area contributed by atoms with Gasteiger partial charge in [-0.2, -0.15) is 0 Å². The Bertz CT molecular complexity index is 488. The fourth-order valence-corrected chi connectivity index (χ4v) is 3.40. The van der Waals surface area contributed by atoms with Crippen molar-refractivity contribution in [3.63, 3.8) is 0 Å². The number of carboxylic acid groups (broad SMARTS) is 1. The Balaban J connectivity index is 1.92. The summed E-state index contributed by atoms with van der Waals surface area (Å²) in [5, 5.41) is 9.53. The lowest BCUT2D eigenvalue weighted by atomic mass is 9.96. The molecular formula is C16H21NO3. The molecule has 0 aliphatic carbocycles. The molecule has 3 rings (SSSR count). The highest BCUT2D eigenvalue weighted by molar-refractivity contribution is 5.73. The first-order chi connectivity index (χ1) is 9.77. The summed E-state index contributed by atoms with van der Waals surface area (Å²) in [5.41, 5.74) is 2.43. The van der Waals surface area contributed by atoms with E-state index in [9.17, 15) is 9.90 Å². The van der Waals surface area contributed by atoms with Crippen molar-refractivity contribution in [2.75, 3.05) is 13.2 Å². The summed E-state index contributed by atoms with van der Waals surface area (Å²) in [7, 11) is 0. The average molecular weight is 275 g/mol. The third-order valence-corrected chi connectivity index (χ3v) is 4.43. The van der Waals surface area contributed by atoms with Gasteiger partial charge in [0.15, 0.2) is 0 Å². The van der Waals surface area contributed by atoms with E-state index in [1.165, 1.54) is 11.1 Å². The molecule has 20 heavy (non-hydrogen) atoms. The van der Waals surface area contributed by atoms with Gasteiger partial charge in [-0.05, 0) is 30.5 Å². The lowest BCUT2D eigenvalue weighted by molar-refractivity contribution is -0.145. The molecule has 2 atom stereocenters. The summed E-state index contributed by atoms with van der Waals surface area (Å²) in [6.07, 6.45) is 3.94. The van der Waals surface area contributed by atoms with Crippen molar-refractivity contribution in [3.8, 4) is 0 Å². The average Bonchev–Trinajstić information content (AvgIpc) is 2.72. The van der Waals surface area contributed by atoms with Gasteiger partial charge in [-0.1, -0.05) is 37.1 Å². The number of aliphatic carboxylic acids is 1. The maximum atomic E-state index is 11.6. The van der Waals surface area contributed by atoms with E-state index in [0.29, 0.717) is 13.2 Å². The van der Waals surface area contributed by atoms with Crippen LogP contribution in [0.1, 0.15) is 42.9 Å². The molecule has 1 N–H and O–H groups in total. The first-order valence-corrected chi connectivity index (χ1v) is 7.41. The third-order valence-electron chi connectivity index (χ3n) is 4.43. The fraction of sp³-hybridized carbons (Fsp3) is 0.562. The molecule has 2 unspecified atom stereocenters. The van der Waals surface area contributed by atoms with Gasteiger partial charge in [0.2, 0.25) is 0 Å². The maximum Gasteiger partial charge on any atom is 0.320 e. The first-order valence-electron chi connectivity index (χ1n) is 7.41. The van der Waals surface area contributed by atoms with Crippen LogP contribution in [0.15, 0.2) is 24.3 Å². The van der Waals surface area contributed by atoms with Crippen LogP contribution >= 0.6 is 0 Å². The number of benzene rings is 1. The van der Waals surface area contributed by atoms with E-state index in [4.69, 9.17) is 4.74 Å². The lowest BCUT2D eigenvalue weighted by Gasteiger charge is -2.38. The van der Waals surface area contributed by atoms with Gasteiger partial charge in [0, 0.05) is 0 Å². The molecule has 0 amide bonds. The number of likely N-dealkylation sites (tertiary alicyclic amines) is 1. The van der Waals surface area contributed by atoms with Gasteiger partial charge in [0.25, 0.3) is 0 Å². The van der Waals surface area contributed by atoms with Crippen LogP contribution in [0.25, 0.3) is 0 Å². The molecule has 2 heterocycles. The zero-order chi connectivity index (χ0) is 13.9. The molecular weight excluding hydrogens is 254 g/mol. The van der Waals surface area contributed by atoms with Crippen LogP contribution < -0.4 is 0 Å². The molecule has 0 spiro atoms. The number of fused-ring (bicyclic) bond motifs is 1. The van der Waals surface area contributed by atoms with Crippen molar-refractivity contribution >= 4 is 5.97 Å². The predicted molar refractivity (Wildman–Crippen MR) is 75.4 cm³/mol. The summed E-state index contributed by atoms with van der Waals surface area (Å²) in [6, 6.07) is 7.95. The van der Waals surface area contributed by atoms with Crippen LogP contribution in [0.5, 0.6) is 0 Å². The fourth-order valence-electron chi connectivity index (χ4n) is 3.40. The Kier molecular flexibility index (Phi) is 4.03. The molecule has 0 radical (unpaired) electrons. The van der Waals surface area contributed by atoms with Crippen molar-refractivity contribution in [3.05, 3.63) is 35.4 Å². The highest BCUT2D eigenvalue weighted by atomic mass is 16.5. The first kappa shape index (κ1) is 13.6. The minimum Gasteiger partial charge on any atom is -0.480 e. The minimum absolute atomic E-state index is 0.0825. The molecule has 1 aromatic carbocycles. The van der Waals surface area contributed by atoms with Crippen LogP contribution in [-0.4, -0.2) is 35.2 Å². The molecule has 0 saturated carbocycles. The molecule has 1 aromatic rings. The molecule has 108 valence electrons. The summed E-state index contributed by atoms with van der Waals surface area (Å²) < 4.78 is 5.70.